The Kier molecular flexibility index (Phi) is 3.57. The number of nitrogens with zero attached hydrogens (tertiary/aromatic N) is 1. The van der Waals surface area contributed by atoms with E-state index in [0.717, 1.165) is 12.3 Å². The van der Waals surface area contributed by atoms with Gasteiger partial charge in [-0.2, -0.15) is 0 Å². The summed E-state index contributed by atoms with van der Waals surface area (Å²) < 4.78 is 0. The van der Waals surface area contributed by atoms with E-state index in [1.54, 1.807) is 11.3 Å². The molecule has 0 aliphatic heterocycles. The highest BCUT2D eigenvalue weighted by atomic mass is 32.1. The monoisotopic (exact) mass is 169 g/mol. The van der Waals surface area contributed by atoms with Gasteiger partial charge >= 0.3 is 0 Å². The minimum absolute atomic E-state index is 0.829. The van der Waals surface area contributed by atoms with Crippen molar-refractivity contribution in [1.82, 2.24) is 4.98 Å². The minimum atomic E-state index is 0.829. The van der Waals surface area contributed by atoms with E-state index in [9.17, 15) is 0 Å². The first-order chi connectivity index (χ1) is 5.29. The van der Waals surface area contributed by atoms with Crippen molar-refractivity contribution in [3.63, 3.8) is 0 Å². The second-order valence-corrected chi connectivity index (χ2v) is 4.19. The first kappa shape index (κ1) is 8.72. The maximum absolute atomic E-state index is 4.23. The Balaban J connectivity index is 2.14. The van der Waals surface area contributed by atoms with Crippen LogP contribution in [-0.4, -0.2) is 4.98 Å². The molecule has 0 atom stereocenters. The molecule has 0 radical (unpaired) electrons. The second-order valence-electron chi connectivity index (χ2n) is 3.21. The second kappa shape index (κ2) is 4.50. The van der Waals surface area contributed by atoms with Crippen LogP contribution in [0.3, 0.4) is 0 Å². The van der Waals surface area contributed by atoms with Crippen molar-refractivity contribution in [2.45, 2.75) is 33.1 Å². The fraction of sp³-hybridized carbons (Fsp3) is 0.667. The quantitative estimate of drug-likeness (QED) is 0.675. The predicted octanol–water partition coefficient (Wildman–Crippen LogP) is 3.12. The fourth-order valence-electron chi connectivity index (χ4n) is 1.04. The summed E-state index contributed by atoms with van der Waals surface area (Å²) in [5, 5.41) is 3.33. The van der Waals surface area contributed by atoms with E-state index in [0.29, 0.717) is 0 Å². The van der Waals surface area contributed by atoms with Gasteiger partial charge in [-0.3, -0.25) is 0 Å². The molecule has 1 aromatic heterocycles. The number of aryl methyl sites for hydroxylation is 1. The molecule has 0 amide bonds. The Hall–Kier alpha value is -0.370. The Labute approximate surface area is 72.5 Å². The highest BCUT2D eigenvalue weighted by molar-refractivity contribution is 7.09. The summed E-state index contributed by atoms with van der Waals surface area (Å²) in [5.41, 5.74) is 0. The fourth-order valence-corrected chi connectivity index (χ4v) is 1.70. The average Bonchev–Trinajstić information content (AvgIpc) is 2.39. The van der Waals surface area contributed by atoms with Gasteiger partial charge in [-0.1, -0.05) is 20.3 Å². The van der Waals surface area contributed by atoms with E-state index < -0.39 is 0 Å². The lowest BCUT2D eigenvalue weighted by atomic mass is 10.1. The van der Waals surface area contributed by atoms with Crippen LogP contribution in [-0.2, 0) is 6.42 Å². The SMILES string of the molecule is CC(C)CCCc1nccs1. The summed E-state index contributed by atoms with van der Waals surface area (Å²) in [6.45, 7) is 4.53. The van der Waals surface area contributed by atoms with Crippen LogP contribution in [0.2, 0.25) is 0 Å². The van der Waals surface area contributed by atoms with Gasteiger partial charge in [0.05, 0.1) is 5.01 Å². The number of thiazole rings is 1. The summed E-state index contributed by atoms with van der Waals surface area (Å²) in [6.07, 6.45) is 5.65. The smallest absolute Gasteiger partial charge is 0.0924 e. The number of hydrogen-bond acceptors (Lipinski definition) is 2. The van der Waals surface area contributed by atoms with E-state index in [1.807, 2.05) is 11.6 Å². The highest BCUT2D eigenvalue weighted by Crippen LogP contribution is 2.11. The largest absolute Gasteiger partial charge is 0.250 e. The van der Waals surface area contributed by atoms with Crippen molar-refractivity contribution < 1.29 is 0 Å². The molecule has 0 unspecified atom stereocenters. The molecule has 0 saturated heterocycles. The summed E-state index contributed by atoms with van der Waals surface area (Å²) in [6, 6.07) is 0. The molecule has 0 N–H and O–H groups in total. The Morgan fingerprint density at radius 1 is 1.55 bits per heavy atom. The zero-order valence-electron chi connectivity index (χ0n) is 7.21. The molecular weight excluding hydrogens is 154 g/mol. The Bertz CT molecular complexity index is 179. The number of aromatic nitrogens is 1. The topological polar surface area (TPSA) is 12.9 Å². The van der Waals surface area contributed by atoms with Crippen LogP contribution in [0.25, 0.3) is 0 Å². The lowest BCUT2D eigenvalue weighted by Gasteiger charge is -2.01. The zero-order chi connectivity index (χ0) is 8.10. The predicted molar refractivity (Wildman–Crippen MR) is 49.9 cm³/mol. The summed E-state index contributed by atoms with van der Waals surface area (Å²) in [4.78, 5) is 4.23. The average molecular weight is 169 g/mol. The molecule has 1 nitrogen and oxygen atoms in total. The lowest BCUT2D eigenvalue weighted by Crippen LogP contribution is -1.89. The summed E-state index contributed by atoms with van der Waals surface area (Å²) in [7, 11) is 0. The molecule has 1 aromatic rings. The molecule has 0 bridgehead atoms. The van der Waals surface area contributed by atoms with Gasteiger partial charge in [0.1, 0.15) is 0 Å². The van der Waals surface area contributed by atoms with E-state index in [1.165, 1.54) is 17.8 Å². The Morgan fingerprint density at radius 3 is 2.91 bits per heavy atom. The standard InChI is InChI=1S/C9H15NS/c1-8(2)4-3-5-9-10-6-7-11-9/h6-8H,3-5H2,1-2H3. The van der Waals surface area contributed by atoms with Crippen molar-refractivity contribution in [3.8, 4) is 0 Å². The van der Waals surface area contributed by atoms with Crippen molar-refractivity contribution in [3.05, 3.63) is 16.6 Å². The Morgan fingerprint density at radius 2 is 2.36 bits per heavy atom. The normalized spacial score (nSPS) is 10.8. The third-order valence-electron chi connectivity index (χ3n) is 1.66. The minimum Gasteiger partial charge on any atom is -0.250 e. The summed E-state index contributed by atoms with van der Waals surface area (Å²) >= 11 is 1.76. The van der Waals surface area contributed by atoms with Gasteiger partial charge in [0.15, 0.2) is 0 Å². The summed E-state index contributed by atoms with van der Waals surface area (Å²) in [5.74, 6) is 0.829. The third kappa shape index (κ3) is 3.51. The van der Waals surface area contributed by atoms with Gasteiger partial charge in [-0.15, -0.1) is 11.3 Å². The van der Waals surface area contributed by atoms with Gasteiger partial charge in [0.25, 0.3) is 0 Å². The third-order valence-corrected chi connectivity index (χ3v) is 2.49. The van der Waals surface area contributed by atoms with E-state index in [2.05, 4.69) is 18.8 Å². The molecule has 1 rings (SSSR count). The molecule has 0 spiro atoms. The lowest BCUT2D eigenvalue weighted by molar-refractivity contribution is 0.555. The highest BCUT2D eigenvalue weighted by Gasteiger charge is 1.97. The van der Waals surface area contributed by atoms with Crippen LogP contribution in [0, 0.1) is 5.92 Å². The molecular formula is C9H15NS. The van der Waals surface area contributed by atoms with Gasteiger partial charge in [-0.05, 0) is 18.8 Å². The number of rotatable bonds is 4. The van der Waals surface area contributed by atoms with Crippen molar-refractivity contribution in [2.75, 3.05) is 0 Å². The molecule has 0 fully saturated rings. The van der Waals surface area contributed by atoms with Crippen LogP contribution in [0.15, 0.2) is 11.6 Å². The van der Waals surface area contributed by atoms with E-state index >= 15 is 0 Å². The molecule has 0 aliphatic carbocycles. The van der Waals surface area contributed by atoms with Crippen LogP contribution < -0.4 is 0 Å². The van der Waals surface area contributed by atoms with Crippen LogP contribution in [0.5, 0.6) is 0 Å². The van der Waals surface area contributed by atoms with E-state index in [4.69, 9.17) is 0 Å². The molecule has 62 valence electrons. The van der Waals surface area contributed by atoms with Crippen molar-refractivity contribution in [2.24, 2.45) is 5.92 Å². The van der Waals surface area contributed by atoms with Gasteiger partial charge < -0.3 is 0 Å². The molecule has 0 saturated carbocycles. The van der Waals surface area contributed by atoms with Crippen LogP contribution >= 0.6 is 11.3 Å². The zero-order valence-corrected chi connectivity index (χ0v) is 8.03. The maximum atomic E-state index is 4.23. The first-order valence-electron chi connectivity index (χ1n) is 4.17. The molecule has 0 aromatic carbocycles. The maximum Gasteiger partial charge on any atom is 0.0924 e. The number of hydrogen-bond donors (Lipinski definition) is 0. The molecule has 0 aliphatic rings. The van der Waals surface area contributed by atoms with Crippen LogP contribution in [0.4, 0.5) is 0 Å². The molecule has 2 heteroatoms. The van der Waals surface area contributed by atoms with Crippen molar-refractivity contribution >= 4 is 11.3 Å². The first-order valence-corrected chi connectivity index (χ1v) is 5.05. The van der Waals surface area contributed by atoms with Crippen LogP contribution in [0.1, 0.15) is 31.7 Å². The van der Waals surface area contributed by atoms with Gasteiger partial charge in [0, 0.05) is 11.6 Å². The van der Waals surface area contributed by atoms with Gasteiger partial charge in [0.2, 0.25) is 0 Å². The van der Waals surface area contributed by atoms with E-state index in [-0.39, 0.29) is 0 Å². The molecule has 1 heterocycles. The van der Waals surface area contributed by atoms with Gasteiger partial charge in [-0.25, -0.2) is 4.98 Å². The van der Waals surface area contributed by atoms with Crippen molar-refractivity contribution in [1.29, 1.82) is 0 Å². The molecule has 11 heavy (non-hydrogen) atoms.